The van der Waals surface area contributed by atoms with Crippen molar-refractivity contribution in [3.05, 3.63) is 47.3 Å². The Bertz CT molecular complexity index is 964. The fourth-order valence-electron chi connectivity index (χ4n) is 4.63. The number of fused-ring (bicyclic) bond motifs is 1. The van der Waals surface area contributed by atoms with Crippen LogP contribution in [0.15, 0.2) is 30.3 Å². The molecule has 1 fully saturated rings. The molecule has 1 saturated carbocycles. The lowest BCUT2D eigenvalue weighted by atomic mass is 9.80. The van der Waals surface area contributed by atoms with Gasteiger partial charge in [0.15, 0.2) is 5.69 Å². The lowest BCUT2D eigenvalue weighted by Gasteiger charge is -2.31. The zero-order chi connectivity index (χ0) is 22.2. The molecule has 1 N–H and O–H groups in total. The molecule has 2 aliphatic rings. The summed E-state index contributed by atoms with van der Waals surface area (Å²) in [5.41, 5.74) is 0.191. The molecular weight excluding hydrogens is 411 g/mol. The van der Waals surface area contributed by atoms with E-state index in [4.69, 9.17) is 5.11 Å². The summed E-state index contributed by atoms with van der Waals surface area (Å²) in [5.74, 6) is -1.11. The van der Waals surface area contributed by atoms with Gasteiger partial charge in [-0.3, -0.25) is 9.59 Å². The molecule has 0 saturated heterocycles. The first-order chi connectivity index (χ1) is 14.7. The molecule has 1 amide bonds. The number of aromatic nitrogens is 2. The zero-order valence-corrected chi connectivity index (χ0v) is 16.9. The molecule has 0 atom stereocenters. The number of carboxylic acid groups (broad SMARTS) is 1. The largest absolute Gasteiger partial charge is 0.481 e. The molecule has 0 unspecified atom stereocenters. The molecule has 1 aliphatic heterocycles. The molecule has 1 aromatic carbocycles. The van der Waals surface area contributed by atoms with Crippen molar-refractivity contribution in [1.29, 1.82) is 0 Å². The van der Waals surface area contributed by atoms with E-state index < -0.39 is 17.8 Å². The van der Waals surface area contributed by atoms with Gasteiger partial charge in [0, 0.05) is 18.5 Å². The van der Waals surface area contributed by atoms with Crippen LogP contribution in [-0.2, 0) is 28.7 Å². The fraction of sp³-hybridized carbons (Fsp3) is 0.500. The van der Waals surface area contributed by atoms with Gasteiger partial charge in [0.2, 0.25) is 5.91 Å². The van der Waals surface area contributed by atoms with Crippen LogP contribution in [0.1, 0.15) is 49.1 Å². The van der Waals surface area contributed by atoms with Crippen LogP contribution in [0.4, 0.5) is 13.2 Å². The number of halogens is 3. The molecule has 166 valence electrons. The number of rotatable bonds is 4. The number of nitrogens with zero attached hydrogens (tertiary/aromatic N) is 3. The Kier molecular flexibility index (Phi) is 5.77. The van der Waals surface area contributed by atoms with E-state index in [1.807, 2.05) is 0 Å². The summed E-state index contributed by atoms with van der Waals surface area (Å²) >= 11 is 0. The molecule has 9 heteroatoms. The third-order valence-corrected chi connectivity index (χ3v) is 6.34. The molecule has 1 aromatic heterocycles. The Morgan fingerprint density at radius 1 is 1.10 bits per heavy atom. The molecule has 0 bridgehead atoms. The molecule has 2 aromatic rings. The van der Waals surface area contributed by atoms with Crippen molar-refractivity contribution in [2.45, 2.75) is 51.2 Å². The smallest absolute Gasteiger partial charge is 0.435 e. The van der Waals surface area contributed by atoms with Gasteiger partial charge in [-0.2, -0.15) is 18.3 Å². The van der Waals surface area contributed by atoms with Crippen molar-refractivity contribution < 1.29 is 27.9 Å². The first-order valence-corrected chi connectivity index (χ1v) is 10.5. The highest BCUT2D eigenvalue weighted by Gasteiger charge is 2.41. The predicted molar refractivity (Wildman–Crippen MR) is 105 cm³/mol. The van der Waals surface area contributed by atoms with Gasteiger partial charge in [0.1, 0.15) is 0 Å². The highest BCUT2D eigenvalue weighted by atomic mass is 19.4. The van der Waals surface area contributed by atoms with E-state index >= 15 is 0 Å². The van der Waals surface area contributed by atoms with Crippen molar-refractivity contribution in [3.8, 4) is 5.69 Å². The van der Waals surface area contributed by atoms with Gasteiger partial charge in [-0.15, -0.1) is 0 Å². The van der Waals surface area contributed by atoms with E-state index in [9.17, 15) is 22.8 Å². The Morgan fingerprint density at radius 2 is 1.77 bits per heavy atom. The van der Waals surface area contributed by atoms with Crippen molar-refractivity contribution in [2.24, 2.45) is 11.8 Å². The second-order valence-corrected chi connectivity index (χ2v) is 8.34. The molecule has 1 aliphatic carbocycles. The number of hydrogen-bond donors (Lipinski definition) is 1. The average Bonchev–Trinajstić information content (AvgIpc) is 3.14. The van der Waals surface area contributed by atoms with Gasteiger partial charge in [-0.25, -0.2) is 4.68 Å². The van der Waals surface area contributed by atoms with Crippen LogP contribution in [0.25, 0.3) is 5.69 Å². The molecule has 0 spiro atoms. The molecule has 4 rings (SSSR count). The van der Waals surface area contributed by atoms with Crippen LogP contribution < -0.4 is 0 Å². The van der Waals surface area contributed by atoms with Crippen LogP contribution in [0.2, 0.25) is 0 Å². The first kappa shape index (κ1) is 21.4. The summed E-state index contributed by atoms with van der Waals surface area (Å²) < 4.78 is 42.0. The van der Waals surface area contributed by atoms with Gasteiger partial charge in [-0.1, -0.05) is 18.2 Å². The minimum Gasteiger partial charge on any atom is -0.481 e. The fourth-order valence-corrected chi connectivity index (χ4v) is 4.63. The van der Waals surface area contributed by atoms with Crippen LogP contribution in [-0.4, -0.2) is 38.2 Å². The van der Waals surface area contributed by atoms with Crippen LogP contribution >= 0.6 is 0 Å². The standard InChI is InChI=1S/C22H24F3N3O3/c23-22(24,25)20-17-10-11-27(13-18(17)28(26-20)16-4-2-1-3-5-16)19(29)12-14-6-8-15(9-7-14)21(30)31/h1-5,14-15H,6-13H2,(H,30,31)/t14-,15-. The number of hydrogen-bond acceptors (Lipinski definition) is 3. The van der Waals surface area contributed by atoms with Gasteiger partial charge in [0.25, 0.3) is 0 Å². The van der Waals surface area contributed by atoms with Crippen molar-refractivity contribution in [2.75, 3.05) is 6.54 Å². The third kappa shape index (κ3) is 4.45. The Labute approximate surface area is 177 Å². The Hall–Kier alpha value is -2.84. The predicted octanol–water partition coefficient (Wildman–Crippen LogP) is 4.06. The van der Waals surface area contributed by atoms with Crippen LogP contribution in [0.5, 0.6) is 0 Å². The monoisotopic (exact) mass is 435 g/mol. The average molecular weight is 435 g/mol. The maximum Gasteiger partial charge on any atom is 0.435 e. The molecule has 2 heterocycles. The SMILES string of the molecule is O=C(C[C@H]1CC[C@H](C(=O)O)CC1)N1CCc2c(C(F)(F)F)nn(-c3ccccc3)c2C1. The van der Waals surface area contributed by atoms with Crippen molar-refractivity contribution in [3.63, 3.8) is 0 Å². The summed E-state index contributed by atoms with van der Waals surface area (Å²) in [6.45, 7) is 0.302. The molecule has 6 nitrogen and oxygen atoms in total. The highest BCUT2D eigenvalue weighted by Crippen LogP contribution is 2.37. The summed E-state index contributed by atoms with van der Waals surface area (Å²) in [5, 5.41) is 13.0. The number of carbonyl (C=O) groups is 2. The number of aliphatic carboxylic acids is 1. The number of carboxylic acids is 1. The summed E-state index contributed by atoms with van der Waals surface area (Å²) in [7, 11) is 0. The van der Waals surface area contributed by atoms with E-state index in [1.54, 1.807) is 35.2 Å². The Balaban J connectivity index is 1.52. The minimum atomic E-state index is -4.56. The topological polar surface area (TPSA) is 75.4 Å². The lowest BCUT2D eigenvalue weighted by Crippen LogP contribution is -2.38. The van der Waals surface area contributed by atoms with Gasteiger partial charge < -0.3 is 10.0 Å². The summed E-state index contributed by atoms with van der Waals surface area (Å²) in [6.07, 6.45) is -1.66. The van der Waals surface area contributed by atoms with E-state index in [1.165, 1.54) is 4.68 Å². The summed E-state index contributed by atoms with van der Waals surface area (Å²) in [6, 6.07) is 8.62. The lowest BCUT2D eigenvalue weighted by molar-refractivity contribution is -0.143. The van der Waals surface area contributed by atoms with Gasteiger partial charge in [-0.05, 0) is 50.2 Å². The van der Waals surface area contributed by atoms with E-state index in [2.05, 4.69) is 5.10 Å². The van der Waals surface area contributed by atoms with Crippen molar-refractivity contribution >= 4 is 11.9 Å². The second kappa shape index (κ2) is 8.36. The molecule has 31 heavy (non-hydrogen) atoms. The minimum absolute atomic E-state index is 0.0800. The summed E-state index contributed by atoms with van der Waals surface area (Å²) in [4.78, 5) is 25.6. The van der Waals surface area contributed by atoms with Crippen molar-refractivity contribution in [1.82, 2.24) is 14.7 Å². The number of alkyl halides is 3. The maximum atomic E-state index is 13.6. The van der Waals surface area contributed by atoms with Gasteiger partial charge in [0.05, 0.1) is 23.8 Å². The third-order valence-electron chi connectivity index (χ3n) is 6.34. The first-order valence-electron chi connectivity index (χ1n) is 10.5. The number of para-hydroxylation sites is 1. The number of amides is 1. The quantitative estimate of drug-likeness (QED) is 0.786. The highest BCUT2D eigenvalue weighted by molar-refractivity contribution is 5.77. The zero-order valence-electron chi connectivity index (χ0n) is 16.9. The number of carbonyl (C=O) groups excluding carboxylic acids is 1. The normalized spacial score (nSPS) is 21.6. The van der Waals surface area contributed by atoms with E-state index in [-0.39, 0.29) is 42.8 Å². The Morgan fingerprint density at radius 3 is 2.39 bits per heavy atom. The van der Waals surface area contributed by atoms with Crippen LogP contribution in [0.3, 0.4) is 0 Å². The molecule has 0 radical (unpaired) electrons. The molecular formula is C22H24F3N3O3. The van der Waals surface area contributed by atoms with Gasteiger partial charge >= 0.3 is 12.1 Å². The van der Waals surface area contributed by atoms with Crippen LogP contribution in [0, 0.1) is 11.8 Å². The second-order valence-electron chi connectivity index (χ2n) is 8.34. The van der Waals surface area contributed by atoms with E-state index in [0.717, 1.165) is 0 Å². The maximum absolute atomic E-state index is 13.6. The number of benzene rings is 1. The van der Waals surface area contributed by atoms with E-state index in [0.29, 0.717) is 43.5 Å².